The van der Waals surface area contributed by atoms with Crippen molar-refractivity contribution < 1.29 is 23.8 Å². The van der Waals surface area contributed by atoms with Gasteiger partial charge in [0.2, 0.25) is 18.6 Å². The predicted octanol–water partition coefficient (Wildman–Crippen LogP) is 4.08. The number of rotatable bonds is 11. The summed E-state index contributed by atoms with van der Waals surface area (Å²) in [5.74, 6) is 1.95. The van der Waals surface area contributed by atoms with E-state index in [1.807, 2.05) is 63.2 Å². The van der Waals surface area contributed by atoms with Crippen molar-refractivity contribution in [2.75, 3.05) is 13.9 Å². The molecule has 2 atom stereocenters. The van der Waals surface area contributed by atoms with Gasteiger partial charge in [-0.2, -0.15) is 0 Å². The Balaban J connectivity index is 1.77. The number of hydrogen-bond donors (Lipinski definition) is 1. The second kappa shape index (κ2) is 11.6. The lowest BCUT2D eigenvalue weighted by Crippen LogP contribution is -2.50. The van der Waals surface area contributed by atoms with E-state index >= 15 is 0 Å². The summed E-state index contributed by atoms with van der Waals surface area (Å²) in [7, 11) is 1.61. The molecule has 0 radical (unpaired) electrons. The average molecular weight is 455 g/mol. The van der Waals surface area contributed by atoms with Crippen molar-refractivity contribution in [2.45, 2.75) is 65.1 Å². The van der Waals surface area contributed by atoms with E-state index in [9.17, 15) is 9.59 Å². The molecule has 0 saturated carbocycles. The zero-order valence-corrected chi connectivity index (χ0v) is 19.9. The van der Waals surface area contributed by atoms with E-state index < -0.39 is 6.04 Å². The third-order valence-corrected chi connectivity index (χ3v) is 5.94. The molecule has 0 unspecified atom stereocenters. The monoisotopic (exact) mass is 454 g/mol. The van der Waals surface area contributed by atoms with E-state index in [4.69, 9.17) is 14.2 Å². The van der Waals surface area contributed by atoms with Crippen molar-refractivity contribution in [2.24, 2.45) is 0 Å². The number of aryl methyl sites for hydroxylation is 1. The molecule has 1 heterocycles. The van der Waals surface area contributed by atoms with Crippen LogP contribution < -0.4 is 19.5 Å². The van der Waals surface area contributed by atoms with Crippen LogP contribution in [0.4, 0.5) is 0 Å². The molecular weight excluding hydrogens is 420 g/mol. The maximum atomic E-state index is 13.4. The summed E-state index contributed by atoms with van der Waals surface area (Å²) in [5, 5.41) is 3.04. The van der Waals surface area contributed by atoms with Gasteiger partial charge in [-0.25, -0.2) is 0 Å². The maximum Gasteiger partial charge on any atom is 0.243 e. The van der Waals surface area contributed by atoms with Gasteiger partial charge >= 0.3 is 0 Å². The van der Waals surface area contributed by atoms with Crippen LogP contribution in [-0.2, 0) is 22.6 Å². The van der Waals surface area contributed by atoms with Gasteiger partial charge in [-0.3, -0.25) is 9.59 Å². The number of methoxy groups -OCH3 is 1. The predicted molar refractivity (Wildman–Crippen MR) is 126 cm³/mol. The molecule has 0 fully saturated rings. The molecule has 1 N–H and O–H groups in total. The summed E-state index contributed by atoms with van der Waals surface area (Å²) in [6.45, 7) is 6.48. The van der Waals surface area contributed by atoms with Crippen LogP contribution in [0.3, 0.4) is 0 Å². The van der Waals surface area contributed by atoms with Crippen molar-refractivity contribution in [1.29, 1.82) is 0 Å². The highest BCUT2D eigenvalue weighted by Crippen LogP contribution is 2.33. The Labute approximate surface area is 196 Å². The molecular formula is C26H34N2O5. The Morgan fingerprint density at radius 3 is 2.58 bits per heavy atom. The average Bonchev–Trinajstić information content (AvgIpc) is 3.30. The quantitative estimate of drug-likeness (QED) is 0.554. The first kappa shape index (κ1) is 24.4. The summed E-state index contributed by atoms with van der Waals surface area (Å²) < 4.78 is 16.1. The van der Waals surface area contributed by atoms with Gasteiger partial charge in [0.05, 0.1) is 7.11 Å². The van der Waals surface area contributed by atoms with Crippen LogP contribution in [-0.4, -0.2) is 42.7 Å². The number of carbonyl (C=O) groups excluding carboxylic acids is 2. The molecule has 0 spiro atoms. The standard InChI is InChI=1S/C26H34N2O5/c1-5-18(3)27-26(30)22(6-2)28(16-20-8-7-9-21(14-20)31-4)25(29)13-11-19-10-12-23-24(15-19)33-17-32-23/h7-10,12,14-15,18,22H,5-6,11,13,16-17H2,1-4H3,(H,27,30)/t18-,22+/m1/s1. The Morgan fingerprint density at radius 1 is 1.06 bits per heavy atom. The minimum atomic E-state index is -0.547. The third-order valence-electron chi connectivity index (χ3n) is 5.94. The molecule has 1 aliphatic heterocycles. The van der Waals surface area contributed by atoms with Gasteiger partial charge in [0, 0.05) is 19.0 Å². The second-order valence-electron chi connectivity index (χ2n) is 8.30. The zero-order valence-electron chi connectivity index (χ0n) is 19.9. The van der Waals surface area contributed by atoms with Crippen LogP contribution >= 0.6 is 0 Å². The fourth-order valence-corrected chi connectivity index (χ4v) is 3.82. The van der Waals surface area contributed by atoms with Gasteiger partial charge in [0.1, 0.15) is 11.8 Å². The molecule has 0 saturated heterocycles. The minimum absolute atomic E-state index is 0.0500. The summed E-state index contributed by atoms with van der Waals surface area (Å²) in [6.07, 6.45) is 2.20. The third kappa shape index (κ3) is 6.40. The lowest BCUT2D eigenvalue weighted by molar-refractivity contribution is -0.141. The number of benzene rings is 2. The van der Waals surface area contributed by atoms with Gasteiger partial charge in [-0.1, -0.05) is 32.0 Å². The summed E-state index contributed by atoms with van der Waals surface area (Å²) in [5.41, 5.74) is 1.91. The summed E-state index contributed by atoms with van der Waals surface area (Å²) in [4.78, 5) is 28.2. The number of carbonyl (C=O) groups is 2. The minimum Gasteiger partial charge on any atom is -0.497 e. The Kier molecular flexibility index (Phi) is 8.58. The Bertz CT molecular complexity index is 961. The molecule has 3 rings (SSSR count). The largest absolute Gasteiger partial charge is 0.497 e. The van der Waals surface area contributed by atoms with E-state index in [0.29, 0.717) is 25.1 Å². The highest BCUT2D eigenvalue weighted by atomic mass is 16.7. The molecule has 0 aliphatic carbocycles. The van der Waals surface area contributed by atoms with Crippen LogP contribution in [0.1, 0.15) is 51.2 Å². The van der Waals surface area contributed by atoms with E-state index in [0.717, 1.165) is 29.0 Å². The van der Waals surface area contributed by atoms with Crippen LogP contribution in [0, 0.1) is 0 Å². The maximum absolute atomic E-state index is 13.4. The first-order valence-corrected chi connectivity index (χ1v) is 11.6. The number of hydrogen-bond acceptors (Lipinski definition) is 5. The first-order chi connectivity index (χ1) is 15.9. The number of fused-ring (bicyclic) bond motifs is 1. The number of ether oxygens (including phenoxy) is 3. The number of nitrogens with one attached hydrogen (secondary N) is 1. The second-order valence-corrected chi connectivity index (χ2v) is 8.30. The topological polar surface area (TPSA) is 77.1 Å². The highest BCUT2D eigenvalue weighted by Gasteiger charge is 2.29. The lowest BCUT2D eigenvalue weighted by atomic mass is 10.1. The number of amides is 2. The molecule has 7 heteroatoms. The van der Waals surface area contributed by atoms with E-state index in [1.54, 1.807) is 12.0 Å². The SMILES string of the molecule is CC[C@@H](C)NC(=O)[C@H](CC)N(Cc1cccc(OC)c1)C(=O)CCc1ccc2c(c1)OCO2. The molecule has 2 amide bonds. The molecule has 0 bridgehead atoms. The van der Waals surface area contributed by atoms with E-state index in [2.05, 4.69) is 5.32 Å². The van der Waals surface area contributed by atoms with E-state index in [-0.39, 0.29) is 31.1 Å². The van der Waals surface area contributed by atoms with Gasteiger partial charge in [0.25, 0.3) is 0 Å². The van der Waals surface area contributed by atoms with Crippen molar-refractivity contribution >= 4 is 11.8 Å². The van der Waals surface area contributed by atoms with Crippen LogP contribution in [0.5, 0.6) is 17.2 Å². The van der Waals surface area contributed by atoms with Gasteiger partial charge in [-0.15, -0.1) is 0 Å². The zero-order chi connectivity index (χ0) is 23.8. The van der Waals surface area contributed by atoms with Gasteiger partial charge in [0.15, 0.2) is 11.5 Å². The molecule has 0 aromatic heterocycles. The van der Waals surface area contributed by atoms with Crippen molar-refractivity contribution in [1.82, 2.24) is 10.2 Å². The fraction of sp³-hybridized carbons (Fsp3) is 0.462. The normalized spacial score (nSPS) is 13.8. The van der Waals surface area contributed by atoms with Crippen molar-refractivity contribution in [3.63, 3.8) is 0 Å². The fourth-order valence-electron chi connectivity index (χ4n) is 3.82. The summed E-state index contributed by atoms with van der Waals surface area (Å²) >= 11 is 0. The lowest BCUT2D eigenvalue weighted by Gasteiger charge is -2.31. The van der Waals surface area contributed by atoms with Crippen molar-refractivity contribution in [3.05, 3.63) is 53.6 Å². The van der Waals surface area contributed by atoms with Gasteiger partial charge < -0.3 is 24.4 Å². The van der Waals surface area contributed by atoms with Crippen molar-refractivity contribution in [3.8, 4) is 17.2 Å². The van der Waals surface area contributed by atoms with Crippen LogP contribution in [0.2, 0.25) is 0 Å². The summed E-state index contributed by atoms with van der Waals surface area (Å²) in [6, 6.07) is 12.8. The Hall–Kier alpha value is -3.22. The van der Waals surface area contributed by atoms with Gasteiger partial charge in [-0.05, 0) is 61.6 Å². The smallest absolute Gasteiger partial charge is 0.243 e. The van der Waals surface area contributed by atoms with Crippen LogP contribution in [0.15, 0.2) is 42.5 Å². The molecule has 178 valence electrons. The molecule has 2 aromatic carbocycles. The molecule has 7 nitrogen and oxygen atoms in total. The van der Waals surface area contributed by atoms with E-state index in [1.165, 1.54) is 0 Å². The number of nitrogens with zero attached hydrogens (tertiary/aromatic N) is 1. The van der Waals surface area contributed by atoms with Crippen LogP contribution in [0.25, 0.3) is 0 Å². The molecule has 1 aliphatic rings. The Morgan fingerprint density at radius 2 is 1.85 bits per heavy atom. The molecule has 2 aromatic rings. The molecule has 33 heavy (non-hydrogen) atoms. The first-order valence-electron chi connectivity index (χ1n) is 11.6. The highest BCUT2D eigenvalue weighted by molar-refractivity contribution is 5.88.